The maximum Gasteiger partial charge on any atom is 0.220 e. The number of anilines is 1. The predicted molar refractivity (Wildman–Crippen MR) is 85.2 cm³/mol. The summed E-state index contributed by atoms with van der Waals surface area (Å²) in [7, 11) is 0. The van der Waals surface area contributed by atoms with Gasteiger partial charge < -0.3 is 10.6 Å². The normalized spacial score (nSPS) is 10.4. The number of halogens is 2. The minimum atomic E-state index is -0.889. The molecule has 0 aliphatic heterocycles. The molecule has 2 aromatic rings. The zero-order valence-corrected chi connectivity index (χ0v) is 12.9. The van der Waals surface area contributed by atoms with Crippen LogP contribution in [0.4, 0.5) is 14.5 Å². The van der Waals surface area contributed by atoms with Crippen LogP contribution in [0.3, 0.4) is 0 Å². The van der Waals surface area contributed by atoms with Crippen LogP contribution in [0.5, 0.6) is 0 Å². The Labute approximate surface area is 133 Å². The van der Waals surface area contributed by atoms with Gasteiger partial charge in [0, 0.05) is 37.6 Å². The summed E-state index contributed by atoms with van der Waals surface area (Å²) in [5, 5.41) is 5.99. The molecular formula is C17H19F2N3O. The van der Waals surface area contributed by atoms with E-state index in [2.05, 4.69) is 15.6 Å². The summed E-state index contributed by atoms with van der Waals surface area (Å²) in [4.78, 5) is 15.7. The van der Waals surface area contributed by atoms with Crippen molar-refractivity contribution in [1.29, 1.82) is 0 Å². The van der Waals surface area contributed by atoms with Crippen LogP contribution >= 0.6 is 0 Å². The van der Waals surface area contributed by atoms with E-state index >= 15 is 0 Å². The van der Waals surface area contributed by atoms with Crippen LogP contribution in [0.1, 0.15) is 17.5 Å². The number of rotatable bonds is 7. The van der Waals surface area contributed by atoms with Crippen molar-refractivity contribution in [1.82, 2.24) is 10.3 Å². The van der Waals surface area contributed by atoms with E-state index in [1.54, 1.807) is 12.4 Å². The van der Waals surface area contributed by atoms with E-state index in [0.717, 1.165) is 23.4 Å². The SMILES string of the molecule is Cc1cnccc1NCCNC(=O)CCc1ccc(F)c(F)c1. The van der Waals surface area contributed by atoms with Crippen LogP contribution in [-0.4, -0.2) is 24.0 Å². The van der Waals surface area contributed by atoms with Gasteiger partial charge >= 0.3 is 0 Å². The maximum absolute atomic E-state index is 13.1. The van der Waals surface area contributed by atoms with Crippen molar-refractivity contribution in [2.24, 2.45) is 0 Å². The van der Waals surface area contributed by atoms with E-state index in [9.17, 15) is 13.6 Å². The van der Waals surface area contributed by atoms with Gasteiger partial charge in [-0.05, 0) is 42.7 Å². The Morgan fingerprint density at radius 2 is 2.00 bits per heavy atom. The fourth-order valence-electron chi connectivity index (χ4n) is 2.11. The maximum atomic E-state index is 13.1. The van der Waals surface area contributed by atoms with Gasteiger partial charge in [-0.25, -0.2) is 8.78 Å². The van der Waals surface area contributed by atoms with Crippen LogP contribution in [0.25, 0.3) is 0 Å². The molecule has 1 aromatic heterocycles. The Morgan fingerprint density at radius 1 is 1.17 bits per heavy atom. The van der Waals surface area contributed by atoms with E-state index < -0.39 is 11.6 Å². The molecule has 0 aliphatic carbocycles. The quantitative estimate of drug-likeness (QED) is 0.772. The van der Waals surface area contributed by atoms with Crippen LogP contribution < -0.4 is 10.6 Å². The summed E-state index contributed by atoms with van der Waals surface area (Å²) < 4.78 is 25.9. The number of hydrogen-bond donors (Lipinski definition) is 2. The molecule has 2 N–H and O–H groups in total. The summed E-state index contributed by atoms with van der Waals surface area (Å²) in [6, 6.07) is 5.56. The Balaban J connectivity index is 1.67. The second-order valence-corrected chi connectivity index (χ2v) is 5.22. The zero-order chi connectivity index (χ0) is 16.7. The highest BCUT2D eigenvalue weighted by molar-refractivity contribution is 5.76. The first kappa shape index (κ1) is 16.9. The minimum absolute atomic E-state index is 0.122. The minimum Gasteiger partial charge on any atom is -0.383 e. The van der Waals surface area contributed by atoms with Gasteiger partial charge in [0.25, 0.3) is 0 Å². The third-order valence-electron chi connectivity index (χ3n) is 3.41. The number of pyridine rings is 1. The zero-order valence-electron chi connectivity index (χ0n) is 12.9. The lowest BCUT2D eigenvalue weighted by Gasteiger charge is -2.10. The monoisotopic (exact) mass is 319 g/mol. The number of carbonyl (C=O) groups excluding carboxylic acids is 1. The first-order chi connectivity index (χ1) is 11.1. The summed E-state index contributed by atoms with van der Waals surface area (Å²) in [6.07, 6.45) is 4.08. The Kier molecular flexibility index (Phi) is 6.02. The van der Waals surface area contributed by atoms with E-state index in [1.807, 2.05) is 13.0 Å². The van der Waals surface area contributed by atoms with Gasteiger partial charge in [0.1, 0.15) is 0 Å². The van der Waals surface area contributed by atoms with E-state index in [0.29, 0.717) is 25.1 Å². The number of hydrogen-bond acceptors (Lipinski definition) is 3. The first-order valence-electron chi connectivity index (χ1n) is 7.41. The predicted octanol–water partition coefficient (Wildman–Crippen LogP) is 2.83. The third kappa shape index (κ3) is 5.32. The molecule has 0 bridgehead atoms. The van der Waals surface area contributed by atoms with Crippen LogP contribution in [-0.2, 0) is 11.2 Å². The van der Waals surface area contributed by atoms with Gasteiger partial charge in [-0.2, -0.15) is 0 Å². The van der Waals surface area contributed by atoms with E-state index in [-0.39, 0.29) is 12.3 Å². The van der Waals surface area contributed by atoms with Crippen molar-refractivity contribution >= 4 is 11.6 Å². The molecule has 1 aromatic carbocycles. The number of aryl methyl sites for hydroxylation is 2. The van der Waals surface area contributed by atoms with Crippen LogP contribution in [0, 0.1) is 18.6 Å². The van der Waals surface area contributed by atoms with Crippen molar-refractivity contribution in [3.05, 3.63) is 59.4 Å². The van der Waals surface area contributed by atoms with Crippen LogP contribution in [0.15, 0.2) is 36.7 Å². The second kappa shape index (κ2) is 8.22. The highest BCUT2D eigenvalue weighted by Gasteiger charge is 2.05. The number of carbonyl (C=O) groups is 1. The topological polar surface area (TPSA) is 54.0 Å². The summed E-state index contributed by atoms with van der Waals surface area (Å²) in [5.41, 5.74) is 2.62. The molecule has 0 aliphatic rings. The lowest BCUT2D eigenvalue weighted by molar-refractivity contribution is -0.120. The average Bonchev–Trinajstić information content (AvgIpc) is 2.54. The fraction of sp³-hybridized carbons (Fsp3) is 0.294. The van der Waals surface area contributed by atoms with E-state index in [1.165, 1.54) is 6.07 Å². The molecule has 2 rings (SSSR count). The van der Waals surface area contributed by atoms with Crippen LogP contribution in [0.2, 0.25) is 0 Å². The highest BCUT2D eigenvalue weighted by Crippen LogP contribution is 2.11. The Bertz CT molecular complexity index is 677. The lowest BCUT2D eigenvalue weighted by Crippen LogP contribution is -2.29. The smallest absolute Gasteiger partial charge is 0.220 e. The van der Waals surface area contributed by atoms with Gasteiger partial charge in [0.2, 0.25) is 5.91 Å². The summed E-state index contributed by atoms with van der Waals surface area (Å²) in [5.74, 6) is -1.89. The van der Waals surface area contributed by atoms with Gasteiger partial charge in [-0.3, -0.25) is 9.78 Å². The molecular weight excluding hydrogens is 300 g/mol. The van der Waals surface area contributed by atoms with Crippen molar-refractivity contribution < 1.29 is 13.6 Å². The van der Waals surface area contributed by atoms with Crippen molar-refractivity contribution in [3.8, 4) is 0 Å². The van der Waals surface area contributed by atoms with Crippen molar-refractivity contribution in [3.63, 3.8) is 0 Å². The van der Waals surface area contributed by atoms with E-state index in [4.69, 9.17) is 0 Å². The van der Waals surface area contributed by atoms with Gasteiger partial charge in [-0.1, -0.05) is 6.07 Å². The molecule has 0 saturated carbocycles. The van der Waals surface area contributed by atoms with Crippen molar-refractivity contribution in [2.75, 3.05) is 18.4 Å². The number of nitrogens with zero attached hydrogens (tertiary/aromatic N) is 1. The van der Waals surface area contributed by atoms with Gasteiger partial charge in [0.05, 0.1) is 0 Å². The molecule has 0 saturated heterocycles. The Hall–Kier alpha value is -2.50. The molecule has 0 atom stereocenters. The molecule has 122 valence electrons. The highest BCUT2D eigenvalue weighted by atomic mass is 19.2. The molecule has 0 spiro atoms. The molecule has 4 nitrogen and oxygen atoms in total. The number of aromatic nitrogens is 1. The third-order valence-corrected chi connectivity index (χ3v) is 3.41. The summed E-state index contributed by atoms with van der Waals surface area (Å²) in [6.45, 7) is 3.04. The number of benzene rings is 1. The molecule has 0 radical (unpaired) electrons. The first-order valence-corrected chi connectivity index (χ1v) is 7.41. The molecule has 0 fully saturated rings. The molecule has 0 unspecified atom stereocenters. The summed E-state index contributed by atoms with van der Waals surface area (Å²) >= 11 is 0. The lowest BCUT2D eigenvalue weighted by atomic mass is 10.1. The molecule has 1 heterocycles. The molecule has 23 heavy (non-hydrogen) atoms. The second-order valence-electron chi connectivity index (χ2n) is 5.22. The van der Waals surface area contributed by atoms with Crippen molar-refractivity contribution in [2.45, 2.75) is 19.8 Å². The fourth-order valence-corrected chi connectivity index (χ4v) is 2.11. The average molecular weight is 319 g/mol. The molecule has 1 amide bonds. The Morgan fingerprint density at radius 3 is 2.74 bits per heavy atom. The van der Waals surface area contributed by atoms with Gasteiger partial charge in [-0.15, -0.1) is 0 Å². The standard InChI is InChI=1S/C17H19F2N3O/c1-12-11-20-7-6-16(12)21-8-9-22-17(23)5-3-13-2-4-14(18)15(19)10-13/h2,4,6-7,10-11H,3,5,8-9H2,1H3,(H,20,21)(H,22,23). The number of nitrogens with one attached hydrogen (secondary N) is 2. The van der Waals surface area contributed by atoms with Gasteiger partial charge in [0.15, 0.2) is 11.6 Å². The number of amides is 1. The molecule has 6 heteroatoms. The largest absolute Gasteiger partial charge is 0.383 e.